The number of nitrogens with zero attached hydrogens (tertiary/aromatic N) is 1. The van der Waals surface area contributed by atoms with Gasteiger partial charge in [-0.25, -0.2) is 0 Å². The molecule has 140 valence electrons. The Hall–Kier alpha value is -2.31. The quantitative estimate of drug-likeness (QED) is 0.829. The highest BCUT2D eigenvalue weighted by Crippen LogP contribution is 2.47. The van der Waals surface area contributed by atoms with E-state index >= 15 is 0 Å². The standard InChI is InChI=1S/C19H21F3N2O2/c1-17(2)10-18(9-14(23)15(17)25)7-8-24(11-18)16(26)12-5-3-4-6-13(12)19(20,21)22/h3-6,9H,7-8,10-11,23H2,1-2H3/t18-/m1/s1. The minimum atomic E-state index is -4.59. The van der Waals surface area contributed by atoms with Crippen molar-refractivity contribution in [2.75, 3.05) is 13.1 Å². The van der Waals surface area contributed by atoms with Gasteiger partial charge in [-0.3, -0.25) is 9.59 Å². The van der Waals surface area contributed by atoms with Gasteiger partial charge in [-0.1, -0.05) is 26.0 Å². The van der Waals surface area contributed by atoms with Crippen LogP contribution >= 0.6 is 0 Å². The lowest BCUT2D eigenvalue weighted by Crippen LogP contribution is -2.42. The van der Waals surface area contributed by atoms with Gasteiger partial charge in [0, 0.05) is 23.9 Å². The van der Waals surface area contributed by atoms with Crippen molar-refractivity contribution in [3.8, 4) is 0 Å². The van der Waals surface area contributed by atoms with Crippen molar-refractivity contribution < 1.29 is 22.8 Å². The summed E-state index contributed by atoms with van der Waals surface area (Å²) in [5.41, 5.74) is 3.66. The molecule has 7 heteroatoms. The third-order valence-corrected chi connectivity index (χ3v) is 5.27. The molecular weight excluding hydrogens is 345 g/mol. The van der Waals surface area contributed by atoms with Crippen molar-refractivity contribution >= 4 is 11.7 Å². The average molecular weight is 366 g/mol. The van der Waals surface area contributed by atoms with Gasteiger partial charge in [0.2, 0.25) is 0 Å². The minimum absolute atomic E-state index is 0.129. The van der Waals surface area contributed by atoms with Crippen LogP contribution in [0.3, 0.4) is 0 Å². The summed E-state index contributed by atoms with van der Waals surface area (Å²) in [7, 11) is 0. The summed E-state index contributed by atoms with van der Waals surface area (Å²) in [4.78, 5) is 26.4. The first-order chi connectivity index (χ1) is 12.0. The van der Waals surface area contributed by atoms with Crippen molar-refractivity contribution in [3.05, 3.63) is 47.2 Å². The Kier molecular flexibility index (Phi) is 4.16. The zero-order chi connectivity index (χ0) is 19.3. The van der Waals surface area contributed by atoms with Crippen LogP contribution in [0, 0.1) is 10.8 Å². The van der Waals surface area contributed by atoms with Crippen molar-refractivity contribution in [1.82, 2.24) is 4.90 Å². The first-order valence-corrected chi connectivity index (χ1v) is 8.44. The highest BCUT2D eigenvalue weighted by molar-refractivity contribution is 6.00. The Morgan fingerprint density at radius 2 is 1.88 bits per heavy atom. The number of halogens is 3. The van der Waals surface area contributed by atoms with Crippen LogP contribution in [-0.4, -0.2) is 29.7 Å². The first-order valence-electron chi connectivity index (χ1n) is 8.44. The van der Waals surface area contributed by atoms with Crippen LogP contribution in [0.2, 0.25) is 0 Å². The molecule has 1 heterocycles. The average Bonchev–Trinajstić information content (AvgIpc) is 2.94. The van der Waals surface area contributed by atoms with E-state index in [4.69, 9.17) is 5.73 Å². The molecule has 1 amide bonds. The van der Waals surface area contributed by atoms with E-state index in [9.17, 15) is 22.8 Å². The minimum Gasteiger partial charge on any atom is -0.396 e. The molecule has 0 radical (unpaired) electrons. The third kappa shape index (κ3) is 3.10. The van der Waals surface area contributed by atoms with Crippen molar-refractivity contribution in [2.24, 2.45) is 16.6 Å². The molecule has 1 atom stereocenters. The number of rotatable bonds is 1. The van der Waals surface area contributed by atoms with Crippen LogP contribution in [0.15, 0.2) is 36.0 Å². The molecule has 2 N–H and O–H groups in total. The largest absolute Gasteiger partial charge is 0.417 e. The number of alkyl halides is 3. The van der Waals surface area contributed by atoms with Crippen LogP contribution in [0.4, 0.5) is 13.2 Å². The second-order valence-electron chi connectivity index (χ2n) is 7.87. The highest BCUT2D eigenvalue weighted by atomic mass is 19.4. The monoisotopic (exact) mass is 366 g/mol. The molecule has 4 nitrogen and oxygen atoms in total. The molecule has 1 aromatic rings. The number of carbonyl (C=O) groups excluding carboxylic acids is 2. The summed E-state index contributed by atoms with van der Waals surface area (Å²) in [5.74, 6) is -0.771. The first kappa shape index (κ1) is 18.5. The maximum Gasteiger partial charge on any atom is 0.417 e. The summed E-state index contributed by atoms with van der Waals surface area (Å²) in [6, 6.07) is 4.81. The van der Waals surface area contributed by atoms with Crippen LogP contribution in [0.1, 0.15) is 42.6 Å². The van der Waals surface area contributed by atoms with Gasteiger partial charge in [-0.15, -0.1) is 0 Å². The van der Waals surface area contributed by atoms with E-state index in [1.54, 1.807) is 19.9 Å². The summed E-state index contributed by atoms with van der Waals surface area (Å²) >= 11 is 0. The zero-order valence-electron chi connectivity index (χ0n) is 14.7. The Bertz CT molecular complexity index is 798. The fraction of sp³-hybridized carbons (Fsp3) is 0.474. The molecule has 0 bridgehead atoms. The van der Waals surface area contributed by atoms with E-state index in [0.29, 0.717) is 19.4 Å². The lowest BCUT2D eigenvalue weighted by molar-refractivity contribution is -0.138. The summed E-state index contributed by atoms with van der Waals surface area (Å²) in [6.45, 7) is 4.20. The predicted molar refractivity (Wildman–Crippen MR) is 90.1 cm³/mol. The summed E-state index contributed by atoms with van der Waals surface area (Å²) < 4.78 is 39.6. The van der Waals surface area contributed by atoms with Crippen molar-refractivity contribution in [3.63, 3.8) is 0 Å². The highest BCUT2D eigenvalue weighted by Gasteiger charge is 2.48. The van der Waals surface area contributed by atoms with Crippen LogP contribution in [0.25, 0.3) is 0 Å². The fourth-order valence-corrected chi connectivity index (χ4v) is 4.22. The number of carbonyl (C=O) groups is 2. The lowest BCUT2D eigenvalue weighted by atomic mass is 9.65. The fourth-order valence-electron chi connectivity index (χ4n) is 4.22. The topological polar surface area (TPSA) is 63.4 Å². The molecule has 0 aromatic heterocycles. The van der Waals surface area contributed by atoms with Gasteiger partial charge >= 0.3 is 6.18 Å². The van der Waals surface area contributed by atoms with Gasteiger partial charge in [0.15, 0.2) is 5.78 Å². The maximum atomic E-state index is 13.2. The van der Waals surface area contributed by atoms with Crippen molar-refractivity contribution in [1.29, 1.82) is 0 Å². The Balaban J connectivity index is 1.89. The normalized spacial score (nSPS) is 25.5. The summed E-state index contributed by atoms with van der Waals surface area (Å²) in [5, 5.41) is 0. The molecule has 0 saturated carbocycles. The number of Topliss-reactive ketones (excluding diaryl/α,β-unsaturated/α-hetero) is 1. The Morgan fingerprint density at radius 1 is 1.23 bits per heavy atom. The van der Waals surface area contributed by atoms with E-state index in [1.807, 2.05) is 0 Å². The van der Waals surface area contributed by atoms with Crippen LogP contribution in [0.5, 0.6) is 0 Å². The number of ketones is 1. The second-order valence-corrected chi connectivity index (χ2v) is 7.87. The van der Waals surface area contributed by atoms with E-state index < -0.39 is 28.5 Å². The molecule has 2 aliphatic rings. The van der Waals surface area contributed by atoms with Crippen LogP contribution < -0.4 is 5.73 Å². The second kappa shape index (κ2) is 5.86. The molecule has 26 heavy (non-hydrogen) atoms. The number of amides is 1. The number of hydrogen-bond donors (Lipinski definition) is 1. The Labute approximate surface area is 149 Å². The molecule has 1 aliphatic heterocycles. The van der Waals surface area contributed by atoms with Gasteiger partial charge in [-0.2, -0.15) is 13.2 Å². The molecule has 1 spiro atoms. The van der Waals surface area contributed by atoms with E-state index in [-0.39, 0.29) is 23.6 Å². The van der Waals surface area contributed by atoms with E-state index in [1.165, 1.54) is 23.1 Å². The van der Waals surface area contributed by atoms with Crippen molar-refractivity contribution in [2.45, 2.75) is 32.9 Å². The molecule has 1 aliphatic carbocycles. The van der Waals surface area contributed by atoms with E-state index in [2.05, 4.69) is 0 Å². The molecule has 1 aromatic carbocycles. The lowest BCUT2D eigenvalue weighted by Gasteiger charge is -2.39. The van der Waals surface area contributed by atoms with Gasteiger partial charge in [0.05, 0.1) is 16.8 Å². The molecule has 1 fully saturated rings. The predicted octanol–water partition coefficient (Wildman–Crippen LogP) is 3.38. The zero-order valence-corrected chi connectivity index (χ0v) is 14.7. The van der Waals surface area contributed by atoms with Gasteiger partial charge in [0.1, 0.15) is 0 Å². The summed E-state index contributed by atoms with van der Waals surface area (Å²) in [6.07, 6.45) is -1.80. The van der Waals surface area contributed by atoms with Crippen LogP contribution in [-0.2, 0) is 11.0 Å². The number of allylic oxidation sites excluding steroid dienone is 1. The number of hydrogen-bond acceptors (Lipinski definition) is 3. The molecular formula is C19H21F3N2O2. The van der Waals surface area contributed by atoms with E-state index in [0.717, 1.165) is 6.07 Å². The van der Waals surface area contributed by atoms with Gasteiger partial charge in [0.25, 0.3) is 5.91 Å². The number of nitrogens with two attached hydrogens (primary N) is 1. The SMILES string of the molecule is CC1(C)C[C@]2(C=C(N)C1=O)CCN(C(=O)c1ccccc1C(F)(F)F)C2. The molecule has 1 saturated heterocycles. The Morgan fingerprint density at radius 3 is 2.50 bits per heavy atom. The van der Waals surface area contributed by atoms with Gasteiger partial charge in [-0.05, 0) is 31.1 Å². The smallest absolute Gasteiger partial charge is 0.396 e. The third-order valence-electron chi connectivity index (χ3n) is 5.27. The molecule has 0 unspecified atom stereocenters. The number of likely N-dealkylation sites (tertiary alicyclic amines) is 1. The molecule has 3 rings (SSSR count). The maximum absolute atomic E-state index is 13.2. The van der Waals surface area contributed by atoms with Gasteiger partial charge < -0.3 is 10.6 Å². The number of benzene rings is 1.